The molecular weight excluding hydrogens is 252 g/mol. The minimum absolute atomic E-state index is 0.145. The number of aromatic nitrogens is 1. The Morgan fingerprint density at radius 3 is 2.42 bits per heavy atom. The first-order chi connectivity index (χ1) is 8.95. The van der Waals surface area contributed by atoms with Crippen molar-refractivity contribution >= 4 is 11.3 Å². The van der Waals surface area contributed by atoms with Crippen LogP contribution in [-0.4, -0.2) is 11.0 Å². The lowest BCUT2D eigenvalue weighted by Gasteiger charge is -2.11. The van der Waals surface area contributed by atoms with Crippen molar-refractivity contribution in [1.82, 2.24) is 4.98 Å². The van der Waals surface area contributed by atoms with Crippen molar-refractivity contribution < 1.29 is 0 Å². The molecule has 0 bridgehead atoms. The number of aryl methyl sites for hydroxylation is 4. The van der Waals surface area contributed by atoms with Crippen LogP contribution < -0.4 is 5.73 Å². The fourth-order valence-electron chi connectivity index (χ4n) is 2.16. The number of hydrogen-bond acceptors (Lipinski definition) is 3. The largest absolute Gasteiger partial charge is 0.327 e. The third-order valence-corrected chi connectivity index (χ3v) is 4.67. The first-order valence-corrected chi connectivity index (χ1v) is 7.52. The predicted octanol–water partition coefficient (Wildman–Crippen LogP) is 3.49. The third kappa shape index (κ3) is 3.64. The lowest BCUT2D eigenvalue weighted by atomic mass is 10.00. The zero-order valence-corrected chi connectivity index (χ0v) is 13.0. The Labute approximate surface area is 119 Å². The van der Waals surface area contributed by atoms with Gasteiger partial charge in [0.15, 0.2) is 0 Å². The average molecular weight is 274 g/mol. The lowest BCUT2D eigenvalue weighted by Crippen LogP contribution is -2.25. The van der Waals surface area contributed by atoms with Crippen LogP contribution in [0, 0.1) is 27.7 Å². The molecule has 0 aliphatic rings. The predicted molar refractivity (Wildman–Crippen MR) is 82.9 cm³/mol. The van der Waals surface area contributed by atoms with E-state index in [0.717, 1.165) is 23.5 Å². The fourth-order valence-corrected chi connectivity index (χ4v) is 3.18. The second kappa shape index (κ2) is 5.85. The van der Waals surface area contributed by atoms with Gasteiger partial charge in [0, 0.05) is 17.3 Å². The highest BCUT2D eigenvalue weighted by atomic mass is 32.1. The summed E-state index contributed by atoms with van der Waals surface area (Å²) < 4.78 is 0. The van der Waals surface area contributed by atoms with Gasteiger partial charge in [0.25, 0.3) is 0 Å². The van der Waals surface area contributed by atoms with E-state index in [0.29, 0.717) is 0 Å². The summed E-state index contributed by atoms with van der Waals surface area (Å²) in [6, 6.07) is 6.75. The molecule has 0 aliphatic carbocycles. The molecule has 102 valence electrons. The normalized spacial score (nSPS) is 12.7. The molecule has 0 aliphatic heterocycles. The van der Waals surface area contributed by atoms with Gasteiger partial charge in [-0.25, -0.2) is 4.98 Å². The van der Waals surface area contributed by atoms with E-state index >= 15 is 0 Å². The van der Waals surface area contributed by atoms with Gasteiger partial charge in [-0.3, -0.25) is 0 Å². The topological polar surface area (TPSA) is 38.9 Å². The molecule has 0 spiro atoms. The summed E-state index contributed by atoms with van der Waals surface area (Å²) in [4.78, 5) is 5.86. The lowest BCUT2D eigenvalue weighted by molar-refractivity contribution is 0.661. The van der Waals surface area contributed by atoms with Crippen LogP contribution in [0.15, 0.2) is 18.2 Å². The van der Waals surface area contributed by atoms with Crippen molar-refractivity contribution in [2.45, 2.75) is 46.6 Å². The number of nitrogens with zero attached hydrogens (tertiary/aromatic N) is 1. The number of hydrogen-bond donors (Lipinski definition) is 1. The van der Waals surface area contributed by atoms with Crippen LogP contribution in [0.3, 0.4) is 0 Å². The summed E-state index contributed by atoms with van der Waals surface area (Å²) in [6.07, 6.45) is 1.78. The Balaban J connectivity index is 2.00. The van der Waals surface area contributed by atoms with Gasteiger partial charge < -0.3 is 5.73 Å². The van der Waals surface area contributed by atoms with Gasteiger partial charge in [0.05, 0.1) is 10.7 Å². The summed E-state index contributed by atoms with van der Waals surface area (Å²) in [5.41, 5.74) is 11.4. The molecule has 2 N–H and O–H groups in total. The molecule has 1 aromatic carbocycles. The van der Waals surface area contributed by atoms with Crippen LogP contribution in [0.25, 0.3) is 0 Å². The molecule has 0 saturated heterocycles. The van der Waals surface area contributed by atoms with Crippen molar-refractivity contribution in [3.63, 3.8) is 0 Å². The van der Waals surface area contributed by atoms with Crippen LogP contribution >= 0.6 is 11.3 Å². The number of benzene rings is 1. The second-order valence-corrected chi connectivity index (χ2v) is 6.62. The number of nitrogens with two attached hydrogens (primary N) is 1. The Morgan fingerprint density at radius 1 is 1.11 bits per heavy atom. The molecule has 1 atom stereocenters. The van der Waals surface area contributed by atoms with Crippen LogP contribution in [-0.2, 0) is 12.8 Å². The highest BCUT2D eigenvalue weighted by molar-refractivity contribution is 7.11. The maximum Gasteiger partial charge on any atom is 0.0946 e. The molecule has 2 aromatic rings. The van der Waals surface area contributed by atoms with Gasteiger partial charge in [0.1, 0.15) is 0 Å². The van der Waals surface area contributed by atoms with E-state index in [9.17, 15) is 0 Å². The summed E-state index contributed by atoms with van der Waals surface area (Å²) in [6.45, 7) is 8.47. The monoisotopic (exact) mass is 274 g/mol. The molecule has 2 nitrogen and oxygen atoms in total. The van der Waals surface area contributed by atoms with Crippen LogP contribution in [0.4, 0.5) is 0 Å². The molecule has 0 fully saturated rings. The summed E-state index contributed by atoms with van der Waals surface area (Å²) in [5, 5.41) is 1.16. The molecule has 1 unspecified atom stereocenters. The van der Waals surface area contributed by atoms with E-state index in [2.05, 4.69) is 50.9 Å². The van der Waals surface area contributed by atoms with Crippen LogP contribution in [0.2, 0.25) is 0 Å². The van der Waals surface area contributed by atoms with E-state index in [1.54, 1.807) is 11.3 Å². The average Bonchev–Trinajstić information content (AvgIpc) is 2.63. The number of thiazole rings is 1. The quantitative estimate of drug-likeness (QED) is 0.927. The van der Waals surface area contributed by atoms with Gasteiger partial charge >= 0.3 is 0 Å². The molecule has 2 rings (SSSR count). The highest BCUT2D eigenvalue weighted by Crippen LogP contribution is 2.19. The van der Waals surface area contributed by atoms with Crippen molar-refractivity contribution in [3.8, 4) is 0 Å². The minimum Gasteiger partial charge on any atom is -0.327 e. The third-order valence-electron chi connectivity index (χ3n) is 3.58. The first kappa shape index (κ1) is 14.2. The summed E-state index contributed by atoms with van der Waals surface area (Å²) in [7, 11) is 0. The van der Waals surface area contributed by atoms with Crippen molar-refractivity contribution in [1.29, 1.82) is 0 Å². The molecule has 1 heterocycles. The SMILES string of the molecule is Cc1ccc(CC(N)Cc2nc(C)c(C)s2)cc1C. The smallest absolute Gasteiger partial charge is 0.0946 e. The van der Waals surface area contributed by atoms with Gasteiger partial charge in [-0.1, -0.05) is 18.2 Å². The molecule has 1 aromatic heterocycles. The van der Waals surface area contributed by atoms with Gasteiger partial charge in [-0.05, 0) is 50.8 Å². The molecule has 19 heavy (non-hydrogen) atoms. The molecule has 3 heteroatoms. The zero-order chi connectivity index (χ0) is 14.0. The Bertz CT molecular complexity index is 553. The molecule has 0 amide bonds. The first-order valence-electron chi connectivity index (χ1n) is 6.70. The van der Waals surface area contributed by atoms with E-state index in [-0.39, 0.29) is 6.04 Å². The van der Waals surface area contributed by atoms with Crippen LogP contribution in [0.1, 0.15) is 32.3 Å². The van der Waals surface area contributed by atoms with E-state index < -0.39 is 0 Å². The summed E-state index contributed by atoms with van der Waals surface area (Å²) in [5.74, 6) is 0. The number of rotatable bonds is 4. The molecular formula is C16H22N2S. The maximum absolute atomic E-state index is 6.25. The van der Waals surface area contributed by atoms with Crippen molar-refractivity contribution in [3.05, 3.63) is 50.5 Å². The van der Waals surface area contributed by atoms with Crippen LogP contribution in [0.5, 0.6) is 0 Å². The molecule has 0 saturated carbocycles. The van der Waals surface area contributed by atoms with Crippen molar-refractivity contribution in [2.24, 2.45) is 5.73 Å². The van der Waals surface area contributed by atoms with E-state index in [4.69, 9.17) is 5.73 Å². The van der Waals surface area contributed by atoms with Crippen molar-refractivity contribution in [2.75, 3.05) is 0 Å². The Kier molecular flexibility index (Phi) is 4.38. The maximum atomic E-state index is 6.25. The second-order valence-electron chi connectivity index (χ2n) is 5.34. The van der Waals surface area contributed by atoms with Gasteiger partial charge in [-0.2, -0.15) is 0 Å². The van der Waals surface area contributed by atoms with Gasteiger partial charge in [0.2, 0.25) is 0 Å². The van der Waals surface area contributed by atoms with E-state index in [1.165, 1.54) is 21.6 Å². The minimum atomic E-state index is 0.145. The van der Waals surface area contributed by atoms with Gasteiger partial charge in [-0.15, -0.1) is 11.3 Å². The zero-order valence-electron chi connectivity index (χ0n) is 12.2. The van der Waals surface area contributed by atoms with E-state index in [1.807, 2.05) is 0 Å². The highest BCUT2D eigenvalue weighted by Gasteiger charge is 2.10. The Morgan fingerprint density at radius 2 is 1.84 bits per heavy atom. The fraction of sp³-hybridized carbons (Fsp3) is 0.438. The summed E-state index contributed by atoms with van der Waals surface area (Å²) >= 11 is 1.77. The standard InChI is InChI=1S/C16H22N2S/c1-10-5-6-14(7-11(10)2)8-15(17)9-16-18-12(3)13(4)19-16/h5-7,15H,8-9,17H2,1-4H3. The Hall–Kier alpha value is -1.19. The molecule has 0 radical (unpaired) electrons.